The van der Waals surface area contributed by atoms with Crippen LogP contribution in [0.5, 0.6) is 0 Å². The van der Waals surface area contributed by atoms with Crippen molar-refractivity contribution in [2.75, 3.05) is 11.9 Å². The highest BCUT2D eigenvalue weighted by Gasteiger charge is 2.23. The Morgan fingerprint density at radius 2 is 2.06 bits per heavy atom. The van der Waals surface area contributed by atoms with Gasteiger partial charge in [-0.2, -0.15) is 0 Å². The molecule has 1 rings (SSSR count). The van der Waals surface area contributed by atoms with E-state index in [9.17, 15) is 0 Å². The number of aryl methyl sites for hydroxylation is 1. The largest absolute Gasteiger partial charge is 0.369 e. The molecule has 0 aromatic carbocycles. The fraction of sp³-hybridized carbons (Fsp3) is 0.615. The van der Waals surface area contributed by atoms with Gasteiger partial charge in [0.25, 0.3) is 0 Å². The second-order valence-electron chi connectivity index (χ2n) is 4.81. The molecule has 1 aromatic heterocycles. The fourth-order valence-corrected chi connectivity index (χ4v) is 1.76. The first-order valence-electron chi connectivity index (χ1n) is 5.67. The number of halogens is 1. The van der Waals surface area contributed by atoms with Crippen molar-refractivity contribution >= 4 is 17.3 Å². The van der Waals surface area contributed by atoms with Crippen LogP contribution in [-0.2, 0) is 5.88 Å². The highest BCUT2D eigenvalue weighted by molar-refractivity contribution is 6.17. The number of hydrogen-bond donors (Lipinski definition) is 0. The van der Waals surface area contributed by atoms with Gasteiger partial charge in [-0.25, -0.2) is 0 Å². The second kappa shape index (κ2) is 5.05. The van der Waals surface area contributed by atoms with Gasteiger partial charge in [0.15, 0.2) is 0 Å². The average molecular weight is 241 g/mol. The summed E-state index contributed by atoms with van der Waals surface area (Å²) in [5, 5.41) is 0. The van der Waals surface area contributed by atoms with E-state index >= 15 is 0 Å². The van der Waals surface area contributed by atoms with Crippen LogP contribution in [0.1, 0.15) is 38.4 Å². The molecule has 0 aliphatic carbocycles. The van der Waals surface area contributed by atoms with E-state index in [2.05, 4.69) is 43.8 Å². The van der Waals surface area contributed by atoms with Crippen molar-refractivity contribution in [3.05, 3.63) is 23.5 Å². The molecule has 0 saturated heterocycles. The third kappa shape index (κ3) is 2.67. The zero-order chi connectivity index (χ0) is 12.3. The summed E-state index contributed by atoms with van der Waals surface area (Å²) < 4.78 is 0. The highest BCUT2D eigenvalue weighted by atomic mass is 35.5. The Bertz CT molecular complexity index is 361. The molecule has 0 amide bonds. The summed E-state index contributed by atoms with van der Waals surface area (Å²) in [5.41, 5.74) is 3.45. The van der Waals surface area contributed by atoms with Gasteiger partial charge in [-0.3, -0.25) is 4.98 Å². The van der Waals surface area contributed by atoms with E-state index in [1.807, 2.05) is 13.1 Å². The quantitative estimate of drug-likeness (QED) is 0.746. The molecule has 0 spiro atoms. The van der Waals surface area contributed by atoms with Crippen molar-refractivity contribution in [3.8, 4) is 0 Å². The van der Waals surface area contributed by atoms with Crippen LogP contribution in [0.3, 0.4) is 0 Å². The Hall–Kier alpha value is -0.760. The molecule has 0 saturated carbocycles. The van der Waals surface area contributed by atoms with Gasteiger partial charge in [-0.1, -0.05) is 6.92 Å². The maximum Gasteiger partial charge on any atom is 0.0509 e. The fourth-order valence-electron chi connectivity index (χ4n) is 1.55. The molecule has 90 valence electrons. The Balaban J connectivity index is 3.16. The molecular formula is C13H21ClN2. The number of hydrogen-bond acceptors (Lipinski definition) is 2. The van der Waals surface area contributed by atoms with Crippen molar-refractivity contribution in [2.45, 2.75) is 45.5 Å². The molecule has 16 heavy (non-hydrogen) atoms. The van der Waals surface area contributed by atoms with Crippen LogP contribution in [0.25, 0.3) is 0 Å². The third-order valence-electron chi connectivity index (χ3n) is 3.38. The number of nitrogens with zero attached hydrogens (tertiary/aromatic N) is 2. The van der Waals surface area contributed by atoms with Crippen LogP contribution in [-0.4, -0.2) is 17.6 Å². The molecule has 0 N–H and O–H groups in total. The van der Waals surface area contributed by atoms with Crippen molar-refractivity contribution < 1.29 is 0 Å². The van der Waals surface area contributed by atoms with Gasteiger partial charge in [-0.05, 0) is 33.3 Å². The number of aromatic nitrogens is 1. The van der Waals surface area contributed by atoms with Gasteiger partial charge >= 0.3 is 0 Å². The maximum atomic E-state index is 5.96. The van der Waals surface area contributed by atoms with E-state index in [4.69, 9.17) is 11.6 Å². The first kappa shape index (κ1) is 13.3. The molecular weight excluding hydrogens is 220 g/mol. The normalized spacial score (nSPS) is 11.6. The standard InChI is InChI=1S/C13H21ClN2/c1-6-13(3,4)16(5)12-7-10(2)15-9-11(12)8-14/h7,9H,6,8H2,1-5H3. The van der Waals surface area contributed by atoms with Crippen LogP contribution in [0, 0.1) is 6.92 Å². The van der Waals surface area contributed by atoms with Crippen LogP contribution in [0.2, 0.25) is 0 Å². The Morgan fingerprint density at radius 3 is 2.56 bits per heavy atom. The first-order valence-corrected chi connectivity index (χ1v) is 6.21. The van der Waals surface area contributed by atoms with Crippen molar-refractivity contribution in [1.82, 2.24) is 4.98 Å². The lowest BCUT2D eigenvalue weighted by atomic mass is 9.98. The summed E-state index contributed by atoms with van der Waals surface area (Å²) in [5.74, 6) is 0.507. The van der Waals surface area contributed by atoms with Crippen molar-refractivity contribution in [2.24, 2.45) is 0 Å². The number of anilines is 1. The Morgan fingerprint density at radius 1 is 1.44 bits per heavy atom. The minimum atomic E-state index is 0.134. The molecule has 0 atom stereocenters. The molecule has 0 aliphatic rings. The molecule has 0 bridgehead atoms. The summed E-state index contributed by atoms with van der Waals surface area (Å²) in [6.45, 7) is 8.68. The average Bonchev–Trinajstić information content (AvgIpc) is 2.28. The van der Waals surface area contributed by atoms with E-state index in [1.54, 1.807) is 0 Å². The molecule has 0 unspecified atom stereocenters. The summed E-state index contributed by atoms with van der Waals surface area (Å²) >= 11 is 5.96. The summed E-state index contributed by atoms with van der Waals surface area (Å²) in [6, 6.07) is 2.11. The van der Waals surface area contributed by atoms with Crippen molar-refractivity contribution in [1.29, 1.82) is 0 Å². The SMILES string of the molecule is CCC(C)(C)N(C)c1cc(C)ncc1CCl. The molecule has 2 nitrogen and oxygen atoms in total. The smallest absolute Gasteiger partial charge is 0.0509 e. The minimum absolute atomic E-state index is 0.134. The second-order valence-corrected chi connectivity index (χ2v) is 5.08. The van der Waals surface area contributed by atoms with E-state index in [-0.39, 0.29) is 5.54 Å². The predicted octanol–water partition coefficient (Wildman–Crippen LogP) is 3.75. The van der Waals surface area contributed by atoms with Gasteiger partial charge in [0.1, 0.15) is 0 Å². The van der Waals surface area contributed by atoms with Gasteiger partial charge in [0.2, 0.25) is 0 Å². The predicted molar refractivity (Wildman–Crippen MR) is 71.3 cm³/mol. The summed E-state index contributed by atoms with van der Waals surface area (Å²) in [4.78, 5) is 6.58. The molecule has 1 heterocycles. The zero-order valence-electron chi connectivity index (χ0n) is 10.8. The van der Waals surface area contributed by atoms with Crippen LogP contribution in [0.15, 0.2) is 12.3 Å². The van der Waals surface area contributed by atoms with Crippen LogP contribution in [0.4, 0.5) is 5.69 Å². The van der Waals surface area contributed by atoms with Gasteiger partial charge in [0, 0.05) is 35.7 Å². The van der Waals surface area contributed by atoms with Gasteiger partial charge < -0.3 is 4.90 Å². The molecule has 3 heteroatoms. The summed E-state index contributed by atoms with van der Waals surface area (Å²) in [6.07, 6.45) is 2.96. The topological polar surface area (TPSA) is 16.1 Å². The van der Waals surface area contributed by atoms with Gasteiger partial charge in [-0.15, -0.1) is 11.6 Å². The molecule has 1 aromatic rings. The van der Waals surface area contributed by atoms with Crippen LogP contribution < -0.4 is 4.90 Å². The monoisotopic (exact) mass is 240 g/mol. The van der Waals surface area contributed by atoms with E-state index in [1.165, 1.54) is 5.69 Å². The summed E-state index contributed by atoms with van der Waals surface area (Å²) in [7, 11) is 2.12. The highest BCUT2D eigenvalue weighted by Crippen LogP contribution is 2.29. The van der Waals surface area contributed by atoms with Gasteiger partial charge in [0.05, 0.1) is 5.88 Å². The van der Waals surface area contributed by atoms with Crippen molar-refractivity contribution in [3.63, 3.8) is 0 Å². The lowest BCUT2D eigenvalue weighted by Crippen LogP contribution is -2.41. The first-order chi connectivity index (χ1) is 7.42. The lowest BCUT2D eigenvalue weighted by molar-refractivity contribution is 0.470. The van der Waals surface area contributed by atoms with E-state index in [0.29, 0.717) is 5.88 Å². The molecule has 0 fully saturated rings. The minimum Gasteiger partial charge on any atom is -0.369 e. The molecule has 0 radical (unpaired) electrons. The molecule has 0 aliphatic heterocycles. The number of alkyl halides is 1. The number of pyridine rings is 1. The van der Waals surface area contributed by atoms with Crippen LogP contribution >= 0.6 is 11.6 Å². The Labute approximate surface area is 104 Å². The maximum absolute atomic E-state index is 5.96. The zero-order valence-corrected chi connectivity index (χ0v) is 11.6. The van der Waals surface area contributed by atoms with E-state index in [0.717, 1.165) is 17.7 Å². The van der Waals surface area contributed by atoms with E-state index < -0.39 is 0 Å². The number of rotatable bonds is 4. The lowest BCUT2D eigenvalue weighted by Gasteiger charge is -2.37. The Kier molecular flexibility index (Phi) is 4.20. The third-order valence-corrected chi connectivity index (χ3v) is 3.67.